The molecule has 0 spiro atoms. The molecular weight excluding hydrogens is 198 g/mol. The first-order valence-corrected chi connectivity index (χ1v) is 5.25. The molecule has 1 N–H and O–H groups in total. The lowest BCUT2D eigenvalue weighted by atomic mass is 10.0. The monoisotopic (exact) mass is 209 g/mol. The van der Waals surface area contributed by atoms with E-state index in [1.807, 2.05) is 24.4 Å². The molecule has 14 heavy (non-hydrogen) atoms. The molecule has 4 heteroatoms. The number of rotatable bonds is 3. The fourth-order valence-corrected chi connectivity index (χ4v) is 2.25. The Morgan fingerprint density at radius 2 is 2.50 bits per heavy atom. The minimum absolute atomic E-state index is 0.0521. The van der Waals surface area contributed by atoms with E-state index in [0.29, 0.717) is 0 Å². The zero-order valence-electron chi connectivity index (χ0n) is 7.80. The third-order valence-corrected chi connectivity index (χ3v) is 3.15. The zero-order valence-corrected chi connectivity index (χ0v) is 8.62. The number of aliphatic hydroxyl groups is 1. The highest BCUT2D eigenvalue weighted by atomic mass is 32.1. The highest BCUT2D eigenvalue weighted by Gasteiger charge is 2.19. The average molecular weight is 209 g/mol. The molecule has 2 aromatic heterocycles. The topological polar surface area (TPSA) is 46.3 Å². The van der Waals surface area contributed by atoms with Crippen molar-refractivity contribution in [3.8, 4) is 0 Å². The number of thiophene rings is 1. The molecule has 0 aliphatic heterocycles. The van der Waals surface area contributed by atoms with E-state index in [0.717, 1.165) is 16.3 Å². The van der Waals surface area contributed by atoms with Gasteiger partial charge < -0.3 is 9.52 Å². The third kappa shape index (κ3) is 1.58. The molecule has 0 radical (unpaired) electrons. The number of aromatic nitrogens is 1. The predicted molar refractivity (Wildman–Crippen MR) is 54.5 cm³/mol. The second-order valence-electron chi connectivity index (χ2n) is 3.05. The van der Waals surface area contributed by atoms with Gasteiger partial charge in [0.25, 0.3) is 0 Å². The smallest absolute Gasteiger partial charge is 0.181 e. The molecule has 2 aromatic rings. The Labute approximate surface area is 86.0 Å². The maximum Gasteiger partial charge on any atom is 0.181 e. The third-order valence-electron chi connectivity index (χ3n) is 2.17. The number of nitrogens with zero attached hydrogens (tertiary/aromatic N) is 1. The minimum atomic E-state index is -0.0718. The van der Waals surface area contributed by atoms with E-state index in [1.165, 1.54) is 6.39 Å². The number of aliphatic hydroxyl groups excluding tert-OH is 1. The summed E-state index contributed by atoms with van der Waals surface area (Å²) in [4.78, 5) is 5.13. The van der Waals surface area contributed by atoms with Crippen molar-refractivity contribution in [1.29, 1.82) is 0 Å². The summed E-state index contributed by atoms with van der Waals surface area (Å²) >= 11 is 1.61. The Hall–Kier alpha value is -1.13. The molecule has 0 amide bonds. The molecule has 2 heterocycles. The molecule has 0 aliphatic carbocycles. The van der Waals surface area contributed by atoms with Gasteiger partial charge in [-0.2, -0.15) is 0 Å². The lowest BCUT2D eigenvalue weighted by molar-refractivity contribution is 0.267. The van der Waals surface area contributed by atoms with Crippen LogP contribution in [0.15, 0.2) is 28.3 Å². The van der Waals surface area contributed by atoms with Crippen molar-refractivity contribution >= 4 is 11.3 Å². The van der Waals surface area contributed by atoms with Crippen LogP contribution in [-0.4, -0.2) is 16.7 Å². The van der Waals surface area contributed by atoms with Gasteiger partial charge in [0, 0.05) is 4.88 Å². The Morgan fingerprint density at radius 1 is 1.64 bits per heavy atom. The van der Waals surface area contributed by atoms with Gasteiger partial charge >= 0.3 is 0 Å². The van der Waals surface area contributed by atoms with Gasteiger partial charge in [0.15, 0.2) is 6.39 Å². The van der Waals surface area contributed by atoms with E-state index in [4.69, 9.17) is 4.42 Å². The van der Waals surface area contributed by atoms with Gasteiger partial charge in [0.05, 0.1) is 18.2 Å². The molecule has 3 nitrogen and oxygen atoms in total. The standard InChI is InChI=1S/C10H11NO2S/c1-7-10(13-6-11-7)8(5-12)9-3-2-4-14-9/h2-4,6,8,12H,5H2,1H3. The Balaban J connectivity index is 2.36. The SMILES string of the molecule is Cc1ncoc1C(CO)c1cccs1. The van der Waals surface area contributed by atoms with Crippen LogP contribution in [0.4, 0.5) is 0 Å². The number of hydrogen-bond acceptors (Lipinski definition) is 4. The molecular formula is C10H11NO2S. The second kappa shape index (κ2) is 3.94. The summed E-state index contributed by atoms with van der Waals surface area (Å²) in [5, 5.41) is 11.3. The summed E-state index contributed by atoms with van der Waals surface area (Å²) in [7, 11) is 0. The molecule has 1 atom stereocenters. The van der Waals surface area contributed by atoms with Crippen molar-refractivity contribution < 1.29 is 9.52 Å². The minimum Gasteiger partial charge on any atom is -0.447 e. The first-order valence-electron chi connectivity index (χ1n) is 4.37. The normalized spacial score (nSPS) is 13.0. The lowest BCUT2D eigenvalue weighted by Gasteiger charge is -2.09. The largest absolute Gasteiger partial charge is 0.447 e. The molecule has 74 valence electrons. The van der Waals surface area contributed by atoms with Crippen LogP contribution in [0, 0.1) is 6.92 Å². The predicted octanol–water partition coefficient (Wildman–Crippen LogP) is 2.17. The molecule has 0 aliphatic rings. The van der Waals surface area contributed by atoms with Crippen LogP contribution in [-0.2, 0) is 0 Å². The van der Waals surface area contributed by atoms with E-state index >= 15 is 0 Å². The van der Waals surface area contributed by atoms with Crippen LogP contribution in [0.3, 0.4) is 0 Å². The Bertz CT molecular complexity index is 394. The Kier molecular flexibility index (Phi) is 2.65. The first-order chi connectivity index (χ1) is 6.83. The van der Waals surface area contributed by atoms with E-state index < -0.39 is 0 Å². The first kappa shape index (κ1) is 9.43. The van der Waals surface area contributed by atoms with Gasteiger partial charge in [0.1, 0.15) is 5.76 Å². The van der Waals surface area contributed by atoms with Crippen LogP contribution in [0.25, 0.3) is 0 Å². The van der Waals surface area contributed by atoms with Crippen molar-refractivity contribution in [1.82, 2.24) is 4.98 Å². The molecule has 0 saturated heterocycles. The fraction of sp³-hybridized carbons (Fsp3) is 0.300. The molecule has 0 bridgehead atoms. The van der Waals surface area contributed by atoms with Crippen molar-refractivity contribution in [2.45, 2.75) is 12.8 Å². The van der Waals surface area contributed by atoms with E-state index in [-0.39, 0.29) is 12.5 Å². The fourth-order valence-electron chi connectivity index (χ4n) is 1.44. The summed E-state index contributed by atoms with van der Waals surface area (Å²) in [5.74, 6) is 0.687. The Morgan fingerprint density at radius 3 is 3.00 bits per heavy atom. The number of aryl methyl sites for hydroxylation is 1. The van der Waals surface area contributed by atoms with E-state index in [2.05, 4.69) is 4.98 Å². The maximum absolute atomic E-state index is 9.31. The van der Waals surface area contributed by atoms with Crippen molar-refractivity contribution in [3.05, 3.63) is 40.2 Å². The average Bonchev–Trinajstić information content (AvgIpc) is 2.80. The van der Waals surface area contributed by atoms with Gasteiger partial charge in [-0.3, -0.25) is 0 Å². The van der Waals surface area contributed by atoms with Crippen molar-refractivity contribution in [2.24, 2.45) is 0 Å². The molecule has 1 unspecified atom stereocenters. The van der Waals surface area contributed by atoms with Crippen LogP contribution in [0.2, 0.25) is 0 Å². The van der Waals surface area contributed by atoms with Gasteiger partial charge in [-0.25, -0.2) is 4.98 Å². The summed E-state index contributed by atoms with van der Waals surface area (Å²) < 4.78 is 5.28. The number of oxazole rings is 1. The van der Waals surface area contributed by atoms with Crippen LogP contribution in [0.1, 0.15) is 22.2 Å². The molecule has 2 rings (SSSR count). The van der Waals surface area contributed by atoms with Crippen LogP contribution in [0.5, 0.6) is 0 Å². The summed E-state index contributed by atoms with van der Waals surface area (Å²) in [5.41, 5.74) is 0.845. The second-order valence-corrected chi connectivity index (χ2v) is 4.03. The summed E-state index contributed by atoms with van der Waals surface area (Å²) in [6.45, 7) is 1.94. The van der Waals surface area contributed by atoms with Gasteiger partial charge in [-0.1, -0.05) is 6.07 Å². The lowest BCUT2D eigenvalue weighted by Crippen LogP contribution is -2.04. The van der Waals surface area contributed by atoms with Gasteiger partial charge in [0.2, 0.25) is 0 Å². The quantitative estimate of drug-likeness (QED) is 0.842. The summed E-state index contributed by atoms with van der Waals surface area (Å²) in [6, 6.07) is 3.96. The van der Waals surface area contributed by atoms with E-state index in [1.54, 1.807) is 11.3 Å². The zero-order chi connectivity index (χ0) is 9.97. The van der Waals surface area contributed by atoms with Gasteiger partial charge in [-0.15, -0.1) is 11.3 Å². The summed E-state index contributed by atoms with van der Waals surface area (Å²) in [6.07, 6.45) is 1.42. The number of hydrogen-bond donors (Lipinski definition) is 1. The highest BCUT2D eigenvalue weighted by Crippen LogP contribution is 2.29. The van der Waals surface area contributed by atoms with Gasteiger partial charge in [-0.05, 0) is 18.4 Å². The highest BCUT2D eigenvalue weighted by molar-refractivity contribution is 7.10. The molecule has 0 aromatic carbocycles. The molecule has 0 saturated carbocycles. The van der Waals surface area contributed by atoms with Crippen LogP contribution >= 0.6 is 11.3 Å². The van der Waals surface area contributed by atoms with Crippen molar-refractivity contribution in [2.75, 3.05) is 6.61 Å². The van der Waals surface area contributed by atoms with E-state index in [9.17, 15) is 5.11 Å². The van der Waals surface area contributed by atoms with Crippen molar-refractivity contribution in [3.63, 3.8) is 0 Å². The molecule has 0 fully saturated rings. The maximum atomic E-state index is 9.31. The van der Waals surface area contributed by atoms with Crippen LogP contribution < -0.4 is 0 Å².